The van der Waals surface area contributed by atoms with Crippen molar-refractivity contribution in [3.05, 3.63) is 34.4 Å². The van der Waals surface area contributed by atoms with Gasteiger partial charge >= 0.3 is 0 Å². The third-order valence-corrected chi connectivity index (χ3v) is 5.91. The van der Waals surface area contributed by atoms with Crippen LogP contribution in [0.25, 0.3) is 4.96 Å². The number of hydrogen-bond acceptors (Lipinski definition) is 5. The zero-order valence-electron chi connectivity index (χ0n) is 14.2. The fourth-order valence-corrected chi connectivity index (χ4v) is 4.92. The highest BCUT2D eigenvalue weighted by molar-refractivity contribution is 7.17. The Morgan fingerprint density at radius 2 is 2.25 bits per heavy atom. The molecule has 7 heteroatoms. The molecule has 0 aromatic carbocycles. The van der Waals surface area contributed by atoms with E-state index in [9.17, 15) is 5.11 Å². The van der Waals surface area contributed by atoms with Gasteiger partial charge in [0.05, 0.1) is 13.1 Å². The number of likely N-dealkylation sites (tertiary alicyclic amines) is 1. The van der Waals surface area contributed by atoms with E-state index in [4.69, 9.17) is 4.42 Å². The molecule has 1 saturated heterocycles. The van der Waals surface area contributed by atoms with Crippen molar-refractivity contribution in [1.29, 1.82) is 0 Å². The van der Waals surface area contributed by atoms with Crippen LogP contribution in [-0.4, -0.2) is 32.8 Å². The Morgan fingerprint density at radius 3 is 2.92 bits per heavy atom. The summed E-state index contributed by atoms with van der Waals surface area (Å²) in [4.78, 5) is 7.48. The predicted octanol–water partition coefficient (Wildman–Crippen LogP) is 2.11. The largest absolute Gasteiger partial charge is 0.492 e. The van der Waals surface area contributed by atoms with E-state index in [1.165, 1.54) is 29.1 Å². The number of aromatic hydroxyl groups is 1. The summed E-state index contributed by atoms with van der Waals surface area (Å²) in [5.41, 5.74) is 0. The maximum atomic E-state index is 10.8. The van der Waals surface area contributed by atoms with Crippen LogP contribution in [0.1, 0.15) is 48.0 Å². The summed E-state index contributed by atoms with van der Waals surface area (Å²) in [7, 11) is 0. The summed E-state index contributed by atoms with van der Waals surface area (Å²) < 4.78 is 7.51. The zero-order chi connectivity index (χ0) is 16.8. The molecular formula is C17H23N4O2S+. The van der Waals surface area contributed by atoms with Crippen molar-refractivity contribution in [2.24, 2.45) is 5.92 Å². The third kappa shape index (κ3) is 2.61. The van der Waals surface area contributed by atoms with Crippen LogP contribution in [0.2, 0.25) is 0 Å². The first kappa shape index (κ1) is 15.7. The fourth-order valence-electron chi connectivity index (χ4n) is 3.75. The average molecular weight is 347 g/mol. The van der Waals surface area contributed by atoms with Gasteiger partial charge in [-0.1, -0.05) is 18.3 Å². The first-order valence-electron chi connectivity index (χ1n) is 8.49. The number of aryl methyl sites for hydroxylation is 2. The highest BCUT2D eigenvalue weighted by atomic mass is 32.1. The second-order valence-electron chi connectivity index (χ2n) is 6.88. The SMILES string of the molecule is Cc1nc2sc([C@H](c3ccc(C)o3)[NH+]3CCC[C@H](C)C3)c(O)n2n1. The monoisotopic (exact) mass is 347 g/mol. The molecule has 0 amide bonds. The van der Waals surface area contributed by atoms with Crippen molar-refractivity contribution in [3.8, 4) is 5.88 Å². The Morgan fingerprint density at radius 1 is 1.42 bits per heavy atom. The second kappa shape index (κ2) is 5.89. The van der Waals surface area contributed by atoms with Crippen molar-refractivity contribution in [2.75, 3.05) is 13.1 Å². The summed E-state index contributed by atoms with van der Waals surface area (Å²) in [6.07, 6.45) is 2.47. The zero-order valence-corrected chi connectivity index (χ0v) is 15.1. The molecule has 0 aliphatic carbocycles. The van der Waals surface area contributed by atoms with Gasteiger partial charge in [0.15, 0.2) is 11.8 Å². The number of aromatic nitrogens is 3. The fraction of sp³-hybridized carbons (Fsp3) is 0.529. The standard InChI is InChI=1S/C17H22N4O2S/c1-10-5-4-8-20(9-10)14(13-7-6-11(2)23-13)15-16(22)21-17(24-15)18-12(3)19-21/h6-7,10,14,22H,4-5,8-9H2,1-3H3/p+1/t10-,14-/m0/s1. The van der Waals surface area contributed by atoms with Gasteiger partial charge in [0.1, 0.15) is 16.5 Å². The summed E-state index contributed by atoms with van der Waals surface area (Å²) in [6, 6.07) is 4.02. The molecule has 3 aromatic heterocycles. The molecule has 1 fully saturated rings. The van der Waals surface area contributed by atoms with Crippen LogP contribution < -0.4 is 4.90 Å². The van der Waals surface area contributed by atoms with Crippen molar-refractivity contribution in [2.45, 2.75) is 39.7 Å². The van der Waals surface area contributed by atoms with Crippen LogP contribution in [0.5, 0.6) is 5.88 Å². The third-order valence-electron chi connectivity index (χ3n) is 4.83. The molecular weight excluding hydrogens is 324 g/mol. The van der Waals surface area contributed by atoms with Crippen molar-refractivity contribution in [1.82, 2.24) is 14.6 Å². The van der Waals surface area contributed by atoms with E-state index in [2.05, 4.69) is 17.0 Å². The van der Waals surface area contributed by atoms with Crippen LogP contribution in [0, 0.1) is 19.8 Å². The minimum absolute atomic E-state index is 0.00439. The smallest absolute Gasteiger partial charge is 0.235 e. The number of furan rings is 1. The Hall–Kier alpha value is -1.86. The van der Waals surface area contributed by atoms with Crippen LogP contribution in [0.4, 0.5) is 0 Å². The van der Waals surface area contributed by atoms with E-state index in [1.807, 2.05) is 26.0 Å². The number of nitrogens with one attached hydrogen (secondary N) is 1. The lowest BCUT2D eigenvalue weighted by molar-refractivity contribution is -0.934. The molecule has 0 saturated carbocycles. The molecule has 24 heavy (non-hydrogen) atoms. The van der Waals surface area contributed by atoms with Gasteiger partial charge in [0.25, 0.3) is 0 Å². The Labute approximate surface area is 144 Å². The van der Waals surface area contributed by atoms with Crippen molar-refractivity contribution in [3.63, 3.8) is 0 Å². The van der Waals surface area contributed by atoms with Gasteiger partial charge in [-0.05, 0) is 38.8 Å². The molecule has 3 atom stereocenters. The van der Waals surface area contributed by atoms with Gasteiger partial charge in [0, 0.05) is 5.92 Å². The van der Waals surface area contributed by atoms with Gasteiger partial charge < -0.3 is 14.4 Å². The van der Waals surface area contributed by atoms with Gasteiger partial charge in [-0.2, -0.15) is 4.52 Å². The van der Waals surface area contributed by atoms with E-state index >= 15 is 0 Å². The van der Waals surface area contributed by atoms with E-state index < -0.39 is 0 Å². The summed E-state index contributed by atoms with van der Waals surface area (Å²) >= 11 is 1.51. The van der Waals surface area contributed by atoms with Gasteiger partial charge in [-0.25, -0.2) is 4.98 Å². The molecule has 4 heterocycles. The normalized spacial score (nSPS) is 23.0. The highest BCUT2D eigenvalue weighted by Gasteiger charge is 2.37. The highest BCUT2D eigenvalue weighted by Crippen LogP contribution is 2.35. The molecule has 6 nitrogen and oxygen atoms in total. The minimum Gasteiger partial charge on any atom is -0.492 e. The van der Waals surface area contributed by atoms with Crippen molar-refractivity contribution < 1.29 is 14.4 Å². The van der Waals surface area contributed by atoms with E-state index in [-0.39, 0.29) is 11.9 Å². The molecule has 4 rings (SSSR count). The Balaban J connectivity index is 1.81. The summed E-state index contributed by atoms with van der Waals surface area (Å²) in [6.45, 7) is 8.26. The van der Waals surface area contributed by atoms with Gasteiger partial charge in [0.2, 0.25) is 10.8 Å². The number of nitrogens with zero attached hydrogens (tertiary/aromatic N) is 3. The van der Waals surface area contributed by atoms with E-state index in [0.717, 1.165) is 34.4 Å². The first-order valence-corrected chi connectivity index (χ1v) is 9.30. The lowest BCUT2D eigenvalue weighted by atomic mass is 9.97. The van der Waals surface area contributed by atoms with E-state index in [1.54, 1.807) is 4.52 Å². The number of hydrogen-bond donors (Lipinski definition) is 2. The van der Waals surface area contributed by atoms with Crippen LogP contribution >= 0.6 is 11.3 Å². The number of fused-ring (bicyclic) bond motifs is 1. The number of thiazole rings is 1. The molecule has 0 radical (unpaired) electrons. The summed E-state index contributed by atoms with van der Waals surface area (Å²) in [5, 5.41) is 15.1. The first-order chi connectivity index (χ1) is 11.5. The van der Waals surface area contributed by atoms with Crippen LogP contribution in [-0.2, 0) is 0 Å². The number of quaternary nitrogens is 1. The Bertz CT molecular complexity index is 865. The molecule has 0 bridgehead atoms. The maximum absolute atomic E-state index is 10.8. The van der Waals surface area contributed by atoms with Gasteiger partial charge in [-0.3, -0.25) is 0 Å². The van der Waals surface area contributed by atoms with Crippen LogP contribution in [0.15, 0.2) is 16.5 Å². The summed E-state index contributed by atoms with van der Waals surface area (Å²) in [5.74, 6) is 3.36. The Kier molecular flexibility index (Phi) is 3.85. The molecule has 0 spiro atoms. The molecule has 1 aliphatic rings. The maximum Gasteiger partial charge on any atom is 0.235 e. The minimum atomic E-state index is -0.00439. The quantitative estimate of drug-likeness (QED) is 0.761. The second-order valence-corrected chi connectivity index (χ2v) is 7.89. The molecule has 3 aromatic rings. The molecule has 1 unspecified atom stereocenters. The topological polar surface area (TPSA) is 68.0 Å². The lowest BCUT2D eigenvalue weighted by Crippen LogP contribution is -3.13. The van der Waals surface area contributed by atoms with E-state index in [0.29, 0.717) is 11.7 Å². The molecule has 1 aliphatic heterocycles. The van der Waals surface area contributed by atoms with Crippen molar-refractivity contribution >= 4 is 16.3 Å². The molecule has 128 valence electrons. The number of piperidine rings is 1. The van der Waals surface area contributed by atoms with Crippen LogP contribution in [0.3, 0.4) is 0 Å². The predicted molar refractivity (Wildman–Crippen MR) is 91.6 cm³/mol. The lowest BCUT2D eigenvalue weighted by Gasteiger charge is -2.32. The number of rotatable bonds is 3. The molecule has 2 N–H and O–H groups in total. The average Bonchev–Trinajstić information content (AvgIpc) is 3.18. The van der Waals surface area contributed by atoms with Gasteiger partial charge in [-0.15, -0.1) is 5.10 Å².